The third-order valence-electron chi connectivity index (χ3n) is 3.77. The standard InChI is InChI=1S/C16H20N4O2S/c1-2-9-19-12-5-3-4-6-13(12)20(16(19)22)10-7-14(21)18-15-17-8-11-23-15/h3-6H,2,7-11H2,1H3,(H,17,18,21). The fraction of sp³-hybridized carbons (Fsp3) is 0.438. The van der Waals surface area contributed by atoms with E-state index in [4.69, 9.17) is 0 Å². The van der Waals surface area contributed by atoms with Gasteiger partial charge in [0.1, 0.15) is 0 Å². The Morgan fingerprint density at radius 1 is 1.26 bits per heavy atom. The van der Waals surface area contributed by atoms with Gasteiger partial charge in [0.2, 0.25) is 5.91 Å². The molecular weight excluding hydrogens is 312 g/mol. The monoisotopic (exact) mass is 332 g/mol. The van der Waals surface area contributed by atoms with E-state index >= 15 is 0 Å². The molecule has 0 spiro atoms. The number of rotatable bonds is 5. The number of aliphatic imine (C=N–C) groups is 1. The maximum atomic E-state index is 12.6. The molecule has 2 aromatic rings. The molecule has 7 heteroatoms. The molecule has 0 radical (unpaired) electrons. The molecule has 0 unspecified atom stereocenters. The fourth-order valence-corrected chi connectivity index (χ4v) is 3.48. The first-order valence-corrected chi connectivity index (χ1v) is 8.84. The number of fused-ring (bicyclic) bond motifs is 1. The summed E-state index contributed by atoms with van der Waals surface area (Å²) in [6.45, 7) is 3.86. The van der Waals surface area contributed by atoms with Gasteiger partial charge in [-0.2, -0.15) is 0 Å². The summed E-state index contributed by atoms with van der Waals surface area (Å²) in [5.74, 6) is 0.817. The van der Waals surface area contributed by atoms with Crippen molar-refractivity contribution in [3.05, 3.63) is 34.7 Å². The van der Waals surface area contributed by atoms with Crippen LogP contribution >= 0.6 is 11.8 Å². The van der Waals surface area contributed by atoms with Crippen molar-refractivity contribution in [2.45, 2.75) is 32.9 Å². The van der Waals surface area contributed by atoms with Crippen LogP contribution in [0.1, 0.15) is 19.8 Å². The summed E-state index contributed by atoms with van der Waals surface area (Å²) in [5.41, 5.74) is 1.76. The number of hydrogen-bond acceptors (Lipinski definition) is 4. The van der Waals surface area contributed by atoms with Crippen molar-refractivity contribution in [3.8, 4) is 0 Å². The van der Waals surface area contributed by atoms with Crippen LogP contribution in [-0.2, 0) is 17.9 Å². The van der Waals surface area contributed by atoms with Gasteiger partial charge in [0.05, 0.1) is 17.6 Å². The predicted octanol–water partition coefficient (Wildman–Crippen LogP) is 1.82. The van der Waals surface area contributed by atoms with Gasteiger partial charge < -0.3 is 5.32 Å². The van der Waals surface area contributed by atoms with Crippen LogP contribution in [0.3, 0.4) is 0 Å². The summed E-state index contributed by atoms with van der Waals surface area (Å²) < 4.78 is 3.47. The molecule has 1 aromatic heterocycles. The first-order chi connectivity index (χ1) is 11.2. The number of thioether (sulfide) groups is 1. The highest BCUT2D eigenvalue weighted by atomic mass is 32.2. The minimum Gasteiger partial charge on any atom is -0.305 e. The van der Waals surface area contributed by atoms with Gasteiger partial charge in [-0.15, -0.1) is 0 Å². The summed E-state index contributed by atoms with van der Waals surface area (Å²) in [4.78, 5) is 28.8. The lowest BCUT2D eigenvalue weighted by atomic mass is 10.3. The molecule has 0 fully saturated rings. The maximum absolute atomic E-state index is 12.6. The SMILES string of the molecule is CCCn1c(=O)n(CCC(=O)NC2=NCCS2)c2ccccc21. The van der Waals surface area contributed by atoms with Gasteiger partial charge in [-0.3, -0.25) is 18.9 Å². The summed E-state index contributed by atoms with van der Waals surface area (Å²) in [5, 5.41) is 3.49. The number of para-hydroxylation sites is 2. The Labute approximate surface area is 138 Å². The van der Waals surface area contributed by atoms with E-state index in [1.807, 2.05) is 31.2 Å². The molecule has 0 aliphatic carbocycles. The molecular formula is C16H20N4O2S. The number of aromatic nitrogens is 2. The number of benzene rings is 1. The van der Waals surface area contributed by atoms with Gasteiger partial charge in [0.25, 0.3) is 0 Å². The third-order valence-corrected chi connectivity index (χ3v) is 4.66. The van der Waals surface area contributed by atoms with Crippen molar-refractivity contribution in [1.82, 2.24) is 14.5 Å². The largest absolute Gasteiger partial charge is 0.329 e. The fourth-order valence-electron chi connectivity index (χ4n) is 2.73. The van der Waals surface area contributed by atoms with Gasteiger partial charge in [0.15, 0.2) is 5.17 Å². The van der Waals surface area contributed by atoms with E-state index in [0.717, 1.165) is 29.8 Å². The molecule has 1 aromatic carbocycles. The second kappa shape index (κ2) is 7.04. The van der Waals surface area contributed by atoms with Gasteiger partial charge in [-0.05, 0) is 18.6 Å². The zero-order chi connectivity index (χ0) is 16.2. The molecule has 6 nitrogen and oxygen atoms in total. The zero-order valence-electron chi connectivity index (χ0n) is 13.1. The predicted molar refractivity (Wildman–Crippen MR) is 94.0 cm³/mol. The quantitative estimate of drug-likeness (QED) is 0.908. The molecule has 1 amide bonds. The third kappa shape index (κ3) is 3.34. The Morgan fingerprint density at radius 2 is 1.96 bits per heavy atom. The number of aryl methyl sites for hydroxylation is 2. The lowest BCUT2D eigenvalue weighted by molar-refractivity contribution is -0.119. The Hall–Kier alpha value is -2.02. The maximum Gasteiger partial charge on any atom is 0.329 e. The van der Waals surface area contributed by atoms with Crippen molar-refractivity contribution in [3.63, 3.8) is 0 Å². The Kier molecular flexibility index (Phi) is 4.85. The van der Waals surface area contributed by atoms with E-state index in [-0.39, 0.29) is 18.0 Å². The highest BCUT2D eigenvalue weighted by Gasteiger charge is 2.15. The van der Waals surface area contributed by atoms with E-state index in [0.29, 0.717) is 18.3 Å². The van der Waals surface area contributed by atoms with Crippen LogP contribution in [0.4, 0.5) is 0 Å². The van der Waals surface area contributed by atoms with Gasteiger partial charge in [-0.1, -0.05) is 30.8 Å². The van der Waals surface area contributed by atoms with E-state index in [1.165, 1.54) is 0 Å². The van der Waals surface area contributed by atoms with Crippen molar-refractivity contribution in [1.29, 1.82) is 0 Å². The molecule has 1 aliphatic heterocycles. The van der Waals surface area contributed by atoms with Crippen LogP contribution in [0, 0.1) is 0 Å². The minimum atomic E-state index is -0.0997. The number of nitrogens with zero attached hydrogens (tertiary/aromatic N) is 3. The molecule has 2 heterocycles. The molecule has 3 rings (SSSR count). The van der Waals surface area contributed by atoms with E-state index in [1.54, 1.807) is 20.9 Å². The molecule has 0 saturated heterocycles. The molecule has 1 N–H and O–H groups in total. The van der Waals surface area contributed by atoms with Gasteiger partial charge in [-0.25, -0.2) is 4.79 Å². The lowest BCUT2D eigenvalue weighted by Gasteiger charge is -2.05. The van der Waals surface area contributed by atoms with Crippen LogP contribution in [0.2, 0.25) is 0 Å². The molecule has 122 valence electrons. The number of amides is 1. The molecule has 0 atom stereocenters. The summed E-state index contributed by atoms with van der Waals surface area (Å²) in [6, 6.07) is 7.73. The smallest absolute Gasteiger partial charge is 0.305 e. The normalized spacial score (nSPS) is 14.2. The number of nitrogens with one attached hydrogen (secondary N) is 1. The summed E-state index contributed by atoms with van der Waals surface area (Å²) in [6.07, 6.45) is 1.16. The van der Waals surface area contributed by atoms with E-state index < -0.39 is 0 Å². The van der Waals surface area contributed by atoms with Crippen molar-refractivity contribution < 1.29 is 4.79 Å². The minimum absolute atomic E-state index is 0.0477. The summed E-state index contributed by atoms with van der Waals surface area (Å²) in [7, 11) is 0. The first kappa shape index (κ1) is 15.9. The Bertz CT molecular complexity index is 806. The average molecular weight is 332 g/mol. The number of amidine groups is 1. The van der Waals surface area contributed by atoms with E-state index in [2.05, 4.69) is 10.3 Å². The molecule has 0 saturated carbocycles. The van der Waals surface area contributed by atoms with Crippen molar-refractivity contribution in [2.24, 2.45) is 4.99 Å². The number of hydrogen-bond donors (Lipinski definition) is 1. The Balaban J connectivity index is 1.78. The molecule has 23 heavy (non-hydrogen) atoms. The van der Waals surface area contributed by atoms with Crippen LogP contribution in [0.25, 0.3) is 11.0 Å². The van der Waals surface area contributed by atoms with Crippen LogP contribution in [-0.4, -0.2) is 32.5 Å². The van der Waals surface area contributed by atoms with Crippen molar-refractivity contribution in [2.75, 3.05) is 12.3 Å². The summed E-state index contributed by atoms with van der Waals surface area (Å²) >= 11 is 1.55. The lowest BCUT2D eigenvalue weighted by Crippen LogP contribution is -2.30. The first-order valence-electron chi connectivity index (χ1n) is 7.86. The second-order valence-electron chi connectivity index (χ2n) is 5.41. The van der Waals surface area contributed by atoms with Crippen LogP contribution < -0.4 is 11.0 Å². The second-order valence-corrected chi connectivity index (χ2v) is 6.49. The van der Waals surface area contributed by atoms with Crippen LogP contribution in [0.15, 0.2) is 34.1 Å². The highest BCUT2D eigenvalue weighted by Crippen LogP contribution is 2.14. The number of imidazole rings is 1. The van der Waals surface area contributed by atoms with Gasteiger partial charge >= 0.3 is 5.69 Å². The van der Waals surface area contributed by atoms with Crippen molar-refractivity contribution >= 4 is 33.9 Å². The molecule has 0 bridgehead atoms. The van der Waals surface area contributed by atoms with Crippen LogP contribution in [0.5, 0.6) is 0 Å². The molecule has 1 aliphatic rings. The zero-order valence-corrected chi connectivity index (χ0v) is 13.9. The van der Waals surface area contributed by atoms with Gasteiger partial charge in [0, 0.05) is 25.3 Å². The average Bonchev–Trinajstić information content (AvgIpc) is 3.14. The highest BCUT2D eigenvalue weighted by molar-refractivity contribution is 8.14. The van der Waals surface area contributed by atoms with E-state index in [9.17, 15) is 9.59 Å². The Morgan fingerprint density at radius 3 is 2.57 bits per heavy atom. The topological polar surface area (TPSA) is 68.4 Å². The number of carbonyl (C=O) groups excluding carboxylic acids is 1. The number of carbonyl (C=O) groups is 1.